The zero-order valence-electron chi connectivity index (χ0n) is 8.07. The van der Waals surface area contributed by atoms with E-state index in [0.29, 0.717) is 19.5 Å². The molecular formula is C8H14ClNO3S. The van der Waals surface area contributed by atoms with Crippen molar-refractivity contribution < 1.29 is 13.2 Å². The van der Waals surface area contributed by atoms with Crippen LogP contribution >= 0.6 is 10.7 Å². The highest BCUT2D eigenvalue weighted by molar-refractivity contribution is 8.13. The molecule has 82 valence electrons. The molecule has 1 amide bonds. The molecule has 1 aliphatic rings. The van der Waals surface area contributed by atoms with Gasteiger partial charge in [0.15, 0.2) is 0 Å². The molecule has 1 saturated heterocycles. The predicted molar refractivity (Wildman–Crippen MR) is 54.6 cm³/mol. The van der Waals surface area contributed by atoms with Crippen molar-refractivity contribution in [2.24, 2.45) is 5.92 Å². The minimum atomic E-state index is -3.48. The van der Waals surface area contributed by atoms with Crippen LogP contribution in [-0.2, 0) is 13.8 Å². The standard InChI is InChI=1S/C8H14ClNO3S/c1-2-3-10-5-7(4-8(10)11)6-14(9,12)13/h7H,2-6H2,1H3. The van der Waals surface area contributed by atoms with Crippen LogP contribution in [0.2, 0.25) is 0 Å². The summed E-state index contributed by atoms with van der Waals surface area (Å²) in [7, 11) is 1.65. The monoisotopic (exact) mass is 239 g/mol. The molecule has 0 bridgehead atoms. The van der Waals surface area contributed by atoms with Crippen molar-refractivity contribution in [2.75, 3.05) is 18.8 Å². The molecule has 1 fully saturated rings. The maximum absolute atomic E-state index is 11.3. The second-order valence-corrected chi connectivity index (χ2v) is 6.44. The summed E-state index contributed by atoms with van der Waals surface area (Å²) in [5.41, 5.74) is 0. The van der Waals surface area contributed by atoms with Gasteiger partial charge in [-0.3, -0.25) is 4.79 Å². The molecular weight excluding hydrogens is 226 g/mol. The highest BCUT2D eigenvalue weighted by atomic mass is 35.7. The van der Waals surface area contributed by atoms with Crippen molar-refractivity contribution in [3.8, 4) is 0 Å². The molecule has 1 heterocycles. The molecule has 0 aromatic carbocycles. The van der Waals surface area contributed by atoms with Gasteiger partial charge in [-0.05, 0) is 6.42 Å². The van der Waals surface area contributed by atoms with Crippen molar-refractivity contribution >= 4 is 25.6 Å². The second-order valence-electron chi connectivity index (χ2n) is 3.62. The minimum absolute atomic E-state index is 0.0390. The van der Waals surface area contributed by atoms with E-state index < -0.39 is 9.05 Å². The van der Waals surface area contributed by atoms with Crippen LogP contribution < -0.4 is 0 Å². The molecule has 0 aromatic heterocycles. The molecule has 1 rings (SSSR count). The SMILES string of the molecule is CCCN1CC(CS(=O)(=O)Cl)CC1=O. The lowest BCUT2D eigenvalue weighted by atomic mass is 10.1. The Hall–Kier alpha value is -0.290. The molecule has 0 aromatic rings. The quantitative estimate of drug-likeness (QED) is 0.683. The lowest BCUT2D eigenvalue weighted by Crippen LogP contribution is -2.26. The Balaban J connectivity index is 2.51. The molecule has 14 heavy (non-hydrogen) atoms. The van der Waals surface area contributed by atoms with Gasteiger partial charge in [0.1, 0.15) is 0 Å². The first kappa shape index (κ1) is 11.8. The number of likely N-dealkylation sites (tertiary alicyclic amines) is 1. The molecule has 0 N–H and O–H groups in total. The van der Waals surface area contributed by atoms with Crippen LogP contribution in [-0.4, -0.2) is 38.1 Å². The van der Waals surface area contributed by atoms with E-state index in [1.54, 1.807) is 4.90 Å². The van der Waals surface area contributed by atoms with Crippen molar-refractivity contribution in [3.63, 3.8) is 0 Å². The van der Waals surface area contributed by atoms with Crippen LogP contribution in [0.5, 0.6) is 0 Å². The van der Waals surface area contributed by atoms with E-state index in [1.165, 1.54) is 0 Å². The Bertz CT molecular complexity index is 315. The third-order valence-electron chi connectivity index (χ3n) is 2.22. The molecule has 1 aliphatic heterocycles. The van der Waals surface area contributed by atoms with E-state index in [9.17, 15) is 13.2 Å². The summed E-state index contributed by atoms with van der Waals surface area (Å²) in [4.78, 5) is 13.0. The van der Waals surface area contributed by atoms with Crippen LogP contribution in [0.15, 0.2) is 0 Å². The summed E-state index contributed by atoms with van der Waals surface area (Å²) < 4.78 is 21.6. The lowest BCUT2D eigenvalue weighted by molar-refractivity contribution is -0.127. The zero-order chi connectivity index (χ0) is 10.8. The number of amides is 1. The fourth-order valence-corrected chi connectivity index (χ4v) is 3.05. The van der Waals surface area contributed by atoms with Gasteiger partial charge in [0, 0.05) is 36.1 Å². The molecule has 1 atom stereocenters. The first-order chi connectivity index (χ1) is 6.42. The average Bonchev–Trinajstić information content (AvgIpc) is 2.28. The third-order valence-corrected chi connectivity index (χ3v) is 3.47. The summed E-state index contributed by atoms with van der Waals surface area (Å²) in [5.74, 6) is -0.186. The van der Waals surface area contributed by atoms with Crippen LogP contribution in [0.1, 0.15) is 19.8 Å². The van der Waals surface area contributed by atoms with Gasteiger partial charge in [0.2, 0.25) is 15.0 Å². The summed E-state index contributed by atoms with van der Waals surface area (Å²) in [6, 6.07) is 0. The number of carbonyl (C=O) groups is 1. The minimum Gasteiger partial charge on any atom is -0.342 e. The number of nitrogens with zero attached hydrogens (tertiary/aromatic N) is 1. The predicted octanol–water partition coefficient (Wildman–Crippen LogP) is 0.814. The van der Waals surface area contributed by atoms with Gasteiger partial charge >= 0.3 is 0 Å². The summed E-state index contributed by atoms with van der Waals surface area (Å²) >= 11 is 0. The van der Waals surface area contributed by atoms with Crippen LogP contribution in [0.25, 0.3) is 0 Å². The molecule has 0 spiro atoms. The zero-order valence-corrected chi connectivity index (χ0v) is 9.64. The fraction of sp³-hybridized carbons (Fsp3) is 0.875. The topological polar surface area (TPSA) is 54.5 Å². The largest absolute Gasteiger partial charge is 0.342 e. The molecule has 0 radical (unpaired) electrons. The molecule has 0 saturated carbocycles. The maximum atomic E-state index is 11.3. The van der Waals surface area contributed by atoms with Crippen molar-refractivity contribution in [1.29, 1.82) is 0 Å². The van der Waals surface area contributed by atoms with Gasteiger partial charge in [-0.1, -0.05) is 6.92 Å². The highest BCUT2D eigenvalue weighted by Crippen LogP contribution is 2.20. The summed E-state index contributed by atoms with van der Waals surface area (Å²) in [5, 5.41) is 0. The molecule has 0 aliphatic carbocycles. The van der Waals surface area contributed by atoms with Gasteiger partial charge in [-0.2, -0.15) is 0 Å². The van der Waals surface area contributed by atoms with Gasteiger partial charge in [-0.25, -0.2) is 8.42 Å². The Morgan fingerprint density at radius 2 is 2.21 bits per heavy atom. The fourth-order valence-electron chi connectivity index (χ4n) is 1.73. The van der Waals surface area contributed by atoms with Gasteiger partial charge < -0.3 is 4.90 Å². The Morgan fingerprint density at radius 1 is 1.57 bits per heavy atom. The normalized spacial score (nSPS) is 23.1. The van der Waals surface area contributed by atoms with E-state index in [4.69, 9.17) is 10.7 Å². The van der Waals surface area contributed by atoms with Crippen LogP contribution in [0.3, 0.4) is 0 Å². The highest BCUT2D eigenvalue weighted by Gasteiger charge is 2.31. The number of hydrogen-bond acceptors (Lipinski definition) is 3. The van der Waals surface area contributed by atoms with Crippen LogP contribution in [0, 0.1) is 5.92 Å². The Morgan fingerprint density at radius 3 is 2.71 bits per heavy atom. The first-order valence-electron chi connectivity index (χ1n) is 4.62. The van der Waals surface area contributed by atoms with Gasteiger partial charge in [0.05, 0.1) is 5.75 Å². The summed E-state index contributed by atoms with van der Waals surface area (Å²) in [6.45, 7) is 3.22. The molecule has 6 heteroatoms. The number of rotatable bonds is 4. The number of carbonyl (C=O) groups excluding carboxylic acids is 1. The molecule has 1 unspecified atom stereocenters. The first-order valence-corrected chi connectivity index (χ1v) is 7.10. The van der Waals surface area contributed by atoms with E-state index in [1.807, 2.05) is 6.92 Å². The van der Waals surface area contributed by atoms with Crippen LogP contribution in [0.4, 0.5) is 0 Å². The molecule has 4 nitrogen and oxygen atoms in total. The number of hydrogen-bond donors (Lipinski definition) is 0. The van der Waals surface area contributed by atoms with Gasteiger partial charge in [0.25, 0.3) is 0 Å². The number of halogens is 1. The lowest BCUT2D eigenvalue weighted by Gasteiger charge is -2.14. The smallest absolute Gasteiger partial charge is 0.232 e. The van der Waals surface area contributed by atoms with Crippen molar-refractivity contribution in [3.05, 3.63) is 0 Å². The van der Waals surface area contributed by atoms with E-state index in [-0.39, 0.29) is 17.6 Å². The van der Waals surface area contributed by atoms with E-state index in [0.717, 1.165) is 6.42 Å². The Kier molecular flexibility index (Phi) is 3.78. The maximum Gasteiger partial charge on any atom is 0.232 e. The second kappa shape index (κ2) is 4.49. The van der Waals surface area contributed by atoms with Crippen molar-refractivity contribution in [2.45, 2.75) is 19.8 Å². The summed E-state index contributed by atoms with van der Waals surface area (Å²) in [6.07, 6.45) is 1.21. The van der Waals surface area contributed by atoms with E-state index >= 15 is 0 Å². The average molecular weight is 240 g/mol. The third kappa shape index (κ3) is 3.46. The van der Waals surface area contributed by atoms with Crippen molar-refractivity contribution in [1.82, 2.24) is 4.90 Å². The van der Waals surface area contributed by atoms with Gasteiger partial charge in [-0.15, -0.1) is 0 Å². The Labute approximate surface area is 88.6 Å². The van der Waals surface area contributed by atoms with E-state index in [2.05, 4.69) is 0 Å².